The predicted octanol–water partition coefficient (Wildman–Crippen LogP) is 2.97. The number of nitrogens with one attached hydrogen (secondary N) is 2. The second-order valence-electron chi connectivity index (χ2n) is 5.33. The van der Waals surface area contributed by atoms with Gasteiger partial charge in [-0.15, -0.1) is 0 Å². The third-order valence-electron chi connectivity index (χ3n) is 3.80. The minimum atomic E-state index is 0.195. The van der Waals surface area contributed by atoms with Crippen LogP contribution in [0.25, 0.3) is 0 Å². The molecule has 2 aromatic rings. The maximum absolute atomic E-state index is 4.57. The molecule has 0 aromatic carbocycles. The Morgan fingerprint density at radius 1 is 1.20 bits per heavy atom. The van der Waals surface area contributed by atoms with Crippen molar-refractivity contribution in [3.63, 3.8) is 0 Å². The smallest absolute Gasteiger partial charge is 0.128 e. The molecule has 0 radical (unpaired) electrons. The monoisotopic (exact) mass is 271 g/mol. The lowest BCUT2D eigenvalue weighted by molar-refractivity contribution is 0.573. The molecule has 0 bridgehead atoms. The van der Waals surface area contributed by atoms with Crippen molar-refractivity contribution in [2.75, 3.05) is 23.3 Å². The minimum absolute atomic E-state index is 0.195. The zero-order valence-corrected chi connectivity index (χ0v) is 11.8. The van der Waals surface area contributed by atoms with E-state index in [2.05, 4.69) is 44.5 Å². The lowest BCUT2D eigenvalue weighted by Crippen LogP contribution is -2.30. The summed E-state index contributed by atoms with van der Waals surface area (Å²) in [6.45, 7) is 4.36. The van der Waals surface area contributed by atoms with Crippen molar-refractivity contribution in [3.05, 3.63) is 36.3 Å². The first kappa shape index (κ1) is 13.0. The second kappa shape index (κ2) is 5.94. The van der Waals surface area contributed by atoms with Crippen LogP contribution in [0, 0.1) is 0 Å². The molecule has 106 valence electrons. The first-order chi connectivity index (χ1) is 9.83. The molecule has 3 rings (SSSR count). The van der Waals surface area contributed by atoms with E-state index in [1.165, 1.54) is 19.3 Å². The summed E-state index contributed by atoms with van der Waals surface area (Å²) in [5.41, 5.74) is 2.11. The molecular formula is C15H21N5. The lowest BCUT2D eigenvalue weighted by Gasteiger charge is -2.27. The lowest BCUT2D eigenvalue weighted by atomic mass is 10.1. The summed E-state index contributed by atoms with van der Waals surface area (Å²) in [5, 5.41) is 10.4. The largest absolute Gasteiger partial charge is 0.376 e. The number of piperidine rings is 1. The zero-order chi connectivity index (χ0) is 13.8. The summed E-state index contributed by atoms with van der Waals surface area (Å²) in [4.78, 5) is 6.94. The van der Waals surface area contributed by atoms with Gasteiger partial charge in [0.15, 0.2) is 0 Å². The molecule has 0 amide bonds. The van der Waals surface area contributed by atoms with Crippen LogP contribution in [0.3, 0.4) is 0 Å². The highest BCUT2D eigenvalue weighted by molar-refractivity contribution is 5.49. The third-order valence-corrected chi connectivity index (χ3v) is 3.80. The summed E-state index contributed by atoms with van der Waals surface area (Å²) in [6, 6.07) is 6.38. The van der Waals surface area contributed by atoms with Crippen molar-refractivity contribution in [2.45, 2.75) is 32.2 Å². The van der Waals surface area contributed by atoms with Gasteiger partial charge in [0.1, 0.15) is 5.82 Å². The highest BCUT2D eigenvalue weighted by Gasteiger charge is 2.12. The highest BCUT2D eigenvalue weighted by Crippen LogP contribution is 2.21. The number of aromatic nitrogens is 3. The number of nitrogens with zero attached hydrogens (tertiary/aromatic N) is 3. The van der Waals surface area contributed by atoms with E-state index >= 15 is 0 Å². The molecule has 0 spiro atoms. The van der Waals surface area contributed by atoms with Crippen molar-refractivity contribution < 1.29 is 0 Å². The Morgan fingerprint density at radius 3 is 2.70 bits per heavy atom. The van der Waals surface area contributed by atoms with Gasteiger partial charge in [0, 0.05) is 19.3 Å². The quantitative estimate of drug-likeness (QED) is 0.897. The van der Waals surface area contributed by atoms with Crippen molar-refractivity contribution in [2.24, 2.45) is 0 Å². The van der Waals surface area contributed by atoms with Crippen LogP contribution in [0.15, 0.2) is 30.6 Å². The fraction of sp³-hybridized carbons (Fsp3) is 0.467. The van der Waals surface area contributed by atoms with Crippen molar-refractivity contribution >= 4 is 11.5 Å². The van der Waals surface area contributed by atoms with E-state index in [0.717, 1.165) is 30.3 Å². The molecule has 0 aliphatic carbocycles. The molecule has 1 aliphatic rings. The van der Waals surface area contributed by atoms with E-state index in [1.54, 1.807) is 6.20 Å². The molecule has 1 fully saturated rings. The molecule has 1 aliphatic heterocycles. The summed E-state index contributed by atoms with van der Waals surface area (Å²) < 4.78 is 0. The van der Waals surface area contributed by atoms with Gasteiger partial charge in [0.25, 0.3) is 0 Å². The van der Waals surface area contributed by atoms with Gasteiger partial charge in [-0.2, -0.15) is 5.10 Å². The number of rotatable bonds is 4. The first-order valence-electron chi connectivity index (χ1n) is 7.30. The van der Waals surface area contributed by atoms with Crippen LogP contribution in [-0.4, -0.2) is 28.3 Å². The number of aromatic amines is 1. The number of H-pyrrole nitrogens is 1. The summed E-state index contributed by atoms with van der Waals surface area (Å²) in [6.07, 6.45) is 7.58. The summed E-state index contributed by atoms with van der Waals surface area (Å²) in [7, 11) is 0. The van der Waals surface area contributed by atoms with Crippen LogP contribution in [0.1, 0.15) is 37.9 Å². The molecule has 2 aromatic heterocycles. The Balaban J connectivity index is 1.63. The third kappa shape index (κ3) is 2.92. The van der Waals surface area contributed by atoms with Crippen LogP contribution in [0.4, 0.5) is 11.5 Å². The Hall–Kier alpha value is -2.04. The minimum Gasteiger partial charge on any atom is -0.376 e. The van der Waals surface area contributed by atoms with Crippen LogP contribution in [-0.2, 0) is 0 Å². The Kier molecular flexibility index (Phi) is 3.85. The number of hydrogen-bond donors (Lipinski definition) is 2. The van der Waals surface area contributed by atoms with Gasteiger partial charge in [-0.25, -0.2) is 4.98 Å². The van der Waals surface area contributed by atoms with Crippen LogP contribution in [0.2, 0.25) is 0 Å². The Labute approximate surface area is 119 Å². The maximum Gasteiger partial charge on any atom is 0.128 e. The van der Waals surface area contributed by atoms with E-state index in [9.17, 15) is 0 Å². The van der Waals surface area contributed by atoms with Crippen LogP contribution < -0.4 is 10.2 Å². The molecule has 2 N–H and O–H groups in total. The molecule has 1 saturated heterocycles. The van der Waals surface area contributed by atoms with Crippen molar-refractivity contribution in [1.82, 2.24) is 15.2 Å². The first-order valence-corrected chi connectivity index (χ1v) is 7.30. The van der Waals surface area contributed by atoms with Crippen molar-refractivity contribution in [3.8, 4) is 0 Å². The van der Waals surface area contributed by atoms with Gasteiger partial charge in [-0.05, 0) is 44.4 Å². The van der Waals surface area contributed by atoms with E-state index in [4.69, 9.17) is 0 Å². The van der Waals surface area contributed by atoms with Crippen molar-refractivity contribution in [1.29, 1.82) is 0 Å². The molecule has 1 unspecified atom stereocenters. The van der Waals surface area contributed by atoms with Gasteiger partial charge in [-0.3, -0.25) is 5.10 Å². The average Bonchev–Trinajstić information content (AvgIpc) is 3.03. The SMILES string of the molecule is CC(Nc1ccc(N2CCCCC2)nc1)c1ccn[nH]1. The van der Waals surface area contributed by atoms with E-state index in [1.807, 2.05) is 12.3 Å². The average molecular weight is 271 g/mol. The van der Waals surface area contributed by atoms with Gasteiger partial charge < -0.3 is 10.2 Å². The van der Waals surface area contributed by atoms with Crippen LogP contribution in [0.5, 0.6) is 0 Å². The van der Waals surface area contributed by atoms with E-state index in [-0.39, 0.29) is 6.04 Å². The number of anilines is 2. The Morgan fingerprint density at radius 2 is 2.05 bits per heavy atom. The molecule has 5 nitrogen and oxygen atoms in total. The van der Waals surface area contributed by atoms with Gasteiger partial charge >= 0.3 is 0 Å². The molecule has 5 heteroatoms. The van der Waals surface area contributed by atoms with Gasteiger partial charge in [0.05, 0.1) is 23.6 Å². The number of pyridine rings is 1. The van der Waals surface area contributed by atoms with Crippen LogP contribution >= 0.6 is 0 Å². The molecular weight excluding hydrogens is 250 g/mol. The predicted molar refractivity (Wildman–Crippen MR) is 80.9 cm³/mol. The molecule has 0 saturated carbocycles. The second-order valence-corrected chi connectivity index (χ2v) is 5.33. The fourth-order valence-corrected chi connectivity index (χ4v) is 2.62. The number of hydrogen-bond acceptors (Lipinski definition) is 4. The summed E-state index contributed by atoms with van der Waals surface area (Å²) in [5.74, 6) is 1.09. The fourth-order valence-electron chi connectivity index (χ4n) is 2.62. The van der Waals surface area contributed by atoms with Gasteiger partial charge in [0.2, 0.25) is 0 Å². The summed E-state index contributed by atoms with van der Waals surface area (Å²) >= 11 is 0. The molecule has 3 heterocycles. The van der Waals surface area contributed by atoms with E-state index < -0.39 is 0 Å². The maximum atomic E-state index is 4.57. The molecule has 1 atom stereocenters. The normalized spacial score (nSPS) is 16.9. The highest BCUT2D eigenvalue weighted by atomic mass is 15.2. The van der Waals surface area contributed by atoms with E-state index in [0.29, 0.717) is 0 Å². The zero-order valence-electron chi connectivity index (χ0n) is 11.8. The Bertz CT molecular complexity index is 514. The topological polar surface area (TPSA) is 56.8 Å². The molecule has 20 heavy (non-hydrogen) atoms. The standard InChI is InChI=1S/C15H21N5/c1-12(14-7-8-17-19-14)18-13-5-6-15(16-11-13)20-9-3-2-4-10-20/h5-8,11-12,18H,2-4,9-10H2,1H3,(H,17,19). The van der Waals surface area contributed by atoms with Gasteiger partial charge in [-0.1, -0.05) is 0 Å².